The van der Waals surface area contributed by atoms with Crippen LogP contribution >= 0.6 is 11.6 Å². The molecule has 1 atom stereocenters. The monoisotopic (exact) mass is 581 g/mol. The minimum Gasteiger partial charge on any atom is -0.352 e. The summed E-state index contributed by atoms with van der Waals surface area (Å²) in [4.78, 5) is 28.9. The van der Waals surface area contributed by atoms with Crippen molar-refractivity contribution in [2.45, 2.75) is 69.5 Å². The maximum absolute atomic E-state index is 14.0. The lowest BCUT2D eigenvalue weighted by Gasteiger charge is -2.33. The highest BCUT2D eigenvalue weighted by atomic mass is 35.5. The lowest BCUT2D eigenvalue weighted by atomic mass is 9.95. The Bertz CT molecular complexity index is 1410. The van der Waals surface area contributed by atoms with E-state index in [0.29, 0.717) is 16.3 Å². The molecule has 0 bridgehead atoms. The third-order valence-electron chi connectivity index (χ3n) is 7.35. The van der Waals surface area contributed by atoms with Crippen molar-refractivity contribution in [3.8, 4) is 0 Å². The van der Waals surface area contributed by atoms with Gasteiger partial charge in [-0.15, -0.1) is 0 Å². The molecule has 3 aromatic carbocycles. The number of carbonyl (C=O) groups excluding carboxylic acids is 2. The summed E-state index contributed by atoms with van der Waals surface area (Å²) in [5.41, 5.74) is 1.99. The largest absolute Gasteiger partial charge is 0.352 e. The summed E-state index contributed by atoms with van der Waals surface area (Å²) < 4.78 is 28.7. The number of carbonyl (C=O) groups is 2. The Labute approximate surface area is 242 Å². The summed E-state index contributed by atoms with van der Waals surface area (Å²) >= 11 is 6.44. The summed E-state index contributed by atoms with van der Waals surface area (Å²) in [6.45, 7) is 3.16. The fraction of sp³-hybridized carbons (Fsp3) is 0.355. The molecule has 212 valence electrons. The normalized spacial score (nSPS) is 14.8. The predicted molar refractivity (Wildman–Crippen MR) is 159 cm³/mol. The zero-order valence-electron chi connectivity index (χ0n) is 22.9. The van der Waals surface area contributed by atoms with Gasteiger partial charge in [0.05, 0.1) is 10.6 Å². The molecule has 0 spiro atoms. The average molecular weight is 582 g/mol. The van der Waals surface area contributed by atoms with Crippen LogP contribution in [0.4, 0.5) is 5.69 Å². The van der Waals surface area contributed by atoms with Gasteiger partial charge >= 0.3 is 0 Å². The van der Waals surface area contributed by atoms with Gasteiger partial charge in [0.25, 0.3) is 10.0 Å². The van der Waals surface area contributed by atoms with E-state index in [9.17, 15) is 18.0 Å². The molecule has 0 heterocycles. The number of hydrogen-bond acceptors (Lipinski definition) is 4. The van der Waals surface area contributed by atoms with Gasteiger partial charge in [0.1, 0.15) is 12.6 Å². The number of amides is 2. The number of nitrogens with one attached hydrogen (secondary N) is 1. The van der Waals surface area contributed by atoms with E-state index in [1.54, 1.807) is 67.6 Å². The Hall–Kier alpha value is -3.36. The molecule has 0 radical (unpaired) electrons. The van der Waals surface area contributed by atoms with E-state index in [0.717, 1.165) is 42.0 Å². The average Bonchev–Trinajstić information content (AvgIpc) is 2.96. The molecule has 3 aromatic rings. The number of sulfonamides is 1. The lowest BCUT2D eigenvalue weighted by Crippen LogP contribution is -2.53. The third kappa shape index (κ3) is 7.23. The molecular weight excluding hydrogens is 546 g/mol. The molecule has 2 amide bonds. The van der Waals surface area contributed by atoms with Crippen molar-refractivity contribution < 1.29 is 18.0 Å². The number of nitrogens with zero attached hydrogens (tertiary/aromatic N) is 2. The SMILES string of the molecule is Cc1ccc(N(CC(=O)N(Cc2ccccc2Cl)C(C)C(=O)NC2CCCCC2)S(=O)(=O)c2ccccc2)cc1. The van der Waals surface area contributed by atoms with Gasteiger partial charge in [-0.1, -0.05) is 85.0 Å². The quantitative estimate of drug-likeness (QED) is 0.332. The minimum atomic E-state index is -4.09. The topological polar surface area (TPSA) is 86.8 Å². The molecule has 40 heavy (non-hydrogen) atoms. The Morgan fingerprint density at radius 3 is 2.20 bits per heavy atom. The van der Waals surface area contributed by atoms with E-state index in [4.69, 9.17) is 11.6 Å². The number of anilines is 1. The molecule has 1 fully saturated rings. The first-order chi connectivity index (χ1) is 19.2. The summed E-state index contributed by atoms with van der Waals surface area (Å²) in [7, 11) is -4.09. The second-order valence-electron chi connectivity index (χ2n) is 10.3. The van der Waals surface area contributed by atoms with Crippen molar-refractivity contribution in [3.05, 3.63) is 95.0 Å². The van der Waals surface area contributed by atoms with Gasteiger partial charge in [0.15, 0.2) is 0 Å². The maximum Gasteiger partial charge on any atom is 0.264 e. The molecule has 0 aliphatic heterocycles. The van der Waals surface area contributed by atoms with Crippen LogP contribution in [0.15, 0.2) is 83.8 Å². The second-order valence-corrected chi connectivity index (χ2v) is 12.6. The van der Waals surface area contributed by atoms with Crippen LogP contribution in [0.1, 0.15) is 50.2 Å². The molecule has 1 aliphatic rings. The fourth-order valence-corrected chi connectivity index (χ4v) is 6.55. The Kier molecular flexibility index (Phi) is 9.87. The van der Waals surface area contributed by atoms with Crippen LogP contribution in [-0.4, -0.2) is 43.8 Å². The number of halogens is 1. The summed E-state index contributed by atoms with van der Waals surface area (Å²) in [6, 6.07) is 21.4. The van der Waals surface area contributed by atoms with Crippen molar-refractivity contribution in [2.75, 3.05) is 10.8 Å². The van der Waals surface area contributed by atoms with Crippen molar-refractivity contribution in [1.82, 2.24) is 10.2 Å². The maximum atomic E-state index is 14.0. The van der Waals surface area contributed by atoms with Crippen LogP contribution in [0.3, 0.4) is 0 Å². The number of aryl methyl sites for hydroxylation is 1. The first-order valence-electron chi connectivity index (χ1n) is 13.6. The van der Waals surface area contributed by atoms with Crippen molar-refractivity contribution in [3.63, 3.8) is 0 Å². The molecule has 1 unspecified atom stereocenters. The van der Waals surface area contributed by atoms with Crippen LogP contribution in [0, 0.1) is 6.92 Å². The van der Waals surface area contributed by atoms with Crippen LogP contribution in [0.5, 0.6) is 0 Å². The highest BCUT2D eigenvalue weighted by Gasteiger charge is 2.33. The summed E-state index contributed by atoms with van der Waals surface area (Å²) in [5, 5.41) is 3.57. The molecule has 7 nitrogen and oxygen atoms in total. The van der Waals surface area contributed by atoms with Crippen molar-refractivity contribution >= 4 is 39.1 Å². The van der Waals surface area contributed by atoms with Crippen molar-refractivity contribution in [1.29, 1.82) is 0 Å². The number of rotatable bonds is 10. The summed E-state index contributed by atoms with van der Waals surface area (Å²) in [6.07, 6.45) is 5.10. The van der Waals surface area contributed by atoms with E-state index in [1.165, 1.54) is 17.0 Å². The van der Waals surface area contributed by atoms with Gasteiger partial charge in [-0.3, -0.25) is 13.9 Å². The Morgan fingerprint density at radius 1 is 0.925 bits per heavy atom. The first kappa shape index (κ1) is 29.6. The first-order valence-corrected chi connectivity index (χ1v) is 15.5. The van der Waals surface area contributed by atoms with E-state index < -0.39 is 28.5 Å². The van der Waals surface area contributed by atoms with Crippen LogP contribution in [0.25, 0.3) is 0 Å². The van der Waals surface area contributed by atoms with Gasteiger partial charge < -0.3 is 10.2 Å². The van der Waals surface area contributed by atoms with E-state index in [1.807, 2.05) is 13.0 Å². The highest BCUT2D eigenvalue weighted by Crippen LogP contribution is 2.26. The van der Waals surface area contributed by atoms with Gasteiger partial charge in [-0.2, -0.15) is 0 Å². The third-order valence-corrected chi connectivity index (χ3v) is 9.51. The molecule has 1 saturated carbocycles. The lowest BCUT2D eigenvalue weighted by molar-refractivity contribution is -0.139. The predicted octanol–water partition coefficient (Wildman–Crippen LogP) is 5.71. The smallest absolute Gasteiger partial charge is 0.264 e. The van der Waals surface area contributed by atoms with Crippen LogP contribution in [-0.2, 0) is 26.2 Å². The molecule has 0 saturated heterocycles. The molecule has 1 aliphatic carbocycles. The molecule has 0 aromatic heterocycles. The summed E-state index contributed by atoms with van der Waals surface area (Å²) in [5.74, 6) is -0.772. The highest BCUT2D eigenvalue weighted by molar-refractivity contribution is 7.92. The Morgan fingerprint density at radius 2 is 1.55 bits per heavy atom. The number of benzene rings is 3. The van der Waals surface area contributed by atoms with E-state index >= 15 is 0 Å². The number of hydrogen-bond donors (Lipinski definition) is 1. The van der Waals surface area contributed by atoms with Gasteiger partial charge in [0, 0.05) is 17.6 Å². The fourth-order valence-electron chi connectivity index (χ4n) is 4.92. The minimum absolute atomic E-state index is 0.0604. The van der Waals surface area contributed by atoms with E-state index in [-0.39, 0.29) is 23.4 Å². The molecule has 1 N–H and O–H groups in total. The molecule has 4 rings (SSSR count). The van der Waals surface area contributed by atoms with Crippen LogP contribution < -0.4 is 9.62 Å². The second kappa shape index (κ2) is 13.3. The zero-order chi connectivity index (χ0) is 28.7. The zero-order valence-corrected chi connectivity index (χ0v) is 24.5. The van der Waals surface area contributed by atoms with Gasteiger partial charge in [-0.05, 0) is 62.6 Å². The van der Waals surface area contributed by atoms with E-state index in [2.05, 4.69) is 5.32 Å². The van der Waals surface area contributed by atoms with Gasteiger partial charge in [0.2, 0.25) is 11.8 Å². The Balaban J connectivity index is 1.67. The van der Waals surface area contributed by atoms with Crippen molar-refractivity contribution in [2.24, 2.45) is 0 Å². The molecular formula is C31H36ClN3O4S. The van der Waals surface area contributed by atoms with Crippen LogP contribution in [0.2, 0.25) is 5.02 Å². The standard InChI is InChI=1S/C31H36ClN3O4S/c1-23-17-19-27(20-18-23)35(40(38,39)28-14-7-4-8-15-28)22-30(36)34(21-25-11-9-10-16-29(25)32)24(2)31(37)33-26-12-5-3-6-13-26/h4,7-11,14-20,24,26H,3,5-6,12-13,21-22H2,1-2H3,(H,33,37). The molecule has 9 heteroatoms. The van der Waals surface area contributed by atoms with Gasteiger partial charge in [-0.25, -0.2) is 8.42 Å².